The Morgan fingerprint density at radius 1 is 1.26 bits per heavy atom. The number of methoxy groups -OCH3 is 1. The van der Waals surface area contributed by atoms with Crippen LogP contribution in [-0.4, -0.2) is 37.7 Å². The predicted molar refractivity (Wildman–Crippen MR) is 79.6 cm³/mol. The van der Waals surface area contributed by atoms with Crippen LogP contribution in [0.15, 0.2) is 24.3 Å². The van der Waals surface area contributed by atoms with E-state index < -0.39 is 0 Å². The highest BCUT2D eigenvalue weighted by atomic mass is 16.5. The standard InChI is InChI=1S/C16H26N2O/c1-3-17-15-6-4-5-11-18(13-15)12-14-7-9-16(19-2)10-8-14/h7-10,15,17H,3-6,11-13H2,1-2H3. The maximum atomic E-state index is 5.20. The fourth-order valence-electron chi connectivity index (χ4n) is 2.81. The van der Waals surface area contributed by atoms with Crippen LogP contribution < -0.4 is 10.1 Å². The molecule has 0 aromatic heterocycles. The van der Waals surface area contributed by atoms with Crippen molar-refractivity contribution in [2.45, 2.75) is 38.8 Å². The smallest absolute Gasteiger partial charge is 0.118 e. The third-order valence-corrected chi connectivity index (χ3v) is 3.81. The Hall–Kier alpha value is -1.06. The van der Waals surface area contributed by atoms with Gasteiger partial charge >= 0.3 is 0 Å². The molecule has 0 saturated carbocycles. The van der Waals surface area contributed by atoms with Gasteiger partial charge in [0.05, 0.1) is 7.11 Å². The van der Waals surface area contributed by atoms with E-state index in [0.717, 1.165) is 18.8 Å². The highest BCUT2D eigenvalue weighted by Crippen LogP contribution is 2.16. The first-order valence-corrected chi connectivity index (χ1v) is 7.40. The van der Waals surface area contributed by atoms with E-state index in [1.807, 2.05) is 0 Å². The minimum absolute atomic E-state index is 0.658. The molecule has 3 heteroatoms. The highest BCUT2D eigenvalue weighted by molar-refractivity contribution is 5.27. The number of likely N-dealkylation sites (N-methyl/N-ethyl adjacent to an activating group) is 1. The van der Waals surface area contributed by atoms with Crippen LogP contribution in [0.4, 0.5) is 0 Å². The first kappa shape index (κ1) is 14.4. The molecule has 1 fully saturated rings. The third-order valence-electron chi connectivity index (χ3n) is 3.81. The lowest BCUT2D eigenvalue weighted by molar-refractivity contribution is 0.252. The summed E-state index contributed by atoms with van der Waals surface area (Å²) in [5, 5.41) is 3.60. The van der Waals surface area contributed by atoms with Crippen LogP contribution in [0.1, 0.15) is 31.7 Å². The summed E-state index contributed by atoms with van der Waals surface area (Å²) in [4.78, 5) is 2.57. The van der Waals surface area contributed by atoms with Crippen molar-refractivity contribution in [2.24, 2.45) is 0 Å². The van der Waals surface area contributed by atoms with Gasteiger partial charge in [0.2, 0.25) is 0 Å². The second-order valence-electron chi connectivity index (χ2n) is 5.33. The highest BCUT2D eigenvalue weighted by Gasteiger charge is 2.17. The molecule has 1 aliphatic heterocycles. The Bertz CT molecular complexity index is 364. The largest absolute Gasteiger partial charge is 0.497 e. The molecular weight excluding hydrogens is 236 g/mol. The van der Waals surface area contributed by atoms with Crippen LogP contribution in [0, 0.1) is 0 Å². The van der Waals surface area contributed by atoms with Crippen molar-refractivity contribution in [3.63, 3.8) is 0 Å². The number of ether oxygens (including phenoxy) is 1. The summed E-state index contributed by atoms with van der Waals surface area (Å²) in [5.41, 5.74) is 1.37. The molecule has 1 aromatic carbocycles. The average molecular weight is 262 g/mol. The maximum absolute atomic E-state index is 5.20. The van der Waals surface area contributed by atoms with Crippen LogP contribution in [0.5, 0.6) is 5.75 Å². The number of benzene rings is 1. The Balaban J connectivity index is 1.92. The molecule has 2 rings (SSSR count). The van der Waals surface area contributed by atoms with Crippen LogP contribution in [0.3, 0.4) is 0 Å². The van der Waals surface area contributed by atoms with Gasteiger partial charge in [0.25, 0.3) is 0 Å². The van der Waals surface area contributed by atoms with Crippen LogP contribution >= 0.6 is 0 Å². The van der Waals surface area contributed by atoms with E-state index in [2.05, 4.69) is 41.4 Å². The van der Waals surface area contributed by atoms with Crippen molar-refractivity contribution >= 4 is 0 Å². The van der Waals surface area contributed by atoms with Crippen LogP contribution in [0.25, 0.3) is 0 Å². The molecule has 106 valence electrons. The SMILES string of the molecule is CCNC1CCCCN(Cc2ccc(OC)cc2)C1. The number of nitrogens with zero attached hydrogens (tertiary/aromatic N) is 1. The molecule has 0 spiro atoms. The first-order valence-electron chi connectivity index (χ1n) is 7.40. The topological polar surface area (TPSA) is 24.5 Å². The Morgan fingerprint density at radius 2 is 2.05 bits per heavy atom. The van der Waals surface area contributed by atoms with Gasteiger partial charge in [-0.2, -0.15) is 0 Å². The zero-order valence-electron chi connectivity index (χ0n) is 12.2. The van der Waals surface area contributed by atoms with E-state index in [9.17, 15) is 0 Å². The summed E-state index contributed by atoms with van der Waals surface area (Å²) < 4.78 is 5.20. The molecule has 3 nitrogen and oxygen atoms in total. The van der Waals surface area contributed by atoms with Gasteiger partial charge in [-0.1, -0.05) is 25.5 Å². The lowest BCUT2D eigenvalue weighted by atomic mass is 10.1. The first-order chi connectivity index (χ1) is 9.31. The van der Waals surface area contributed by atoms with Gasteiger partial charge in [0, 0.05) is 19.1 Å². The maximum Gasteiger partial charge on any atom is 0.118 e. The summed E-state index contributed by atoms with van der Waals surface area (Å²) in [5.74, 6) is 0.935. The van der Waals surface area contributed by atoms with Crippen molar-refractivity contribution in [3.05, 3.63) is 29.8 Å². The number of hydrogen-bond donors (Lipinski definition) is 1. The Labute approximate surface area is 116 Å². The van der Waals surface area contributed by atoms with Gasteiger partial charge in [-0.3, -0.25) is 4.90 Å². The number of likely N-dealkylation sites (tertiary alicyclic amines) is 1. The summed E-state index contributed by atoms with van der Waals surface area (Å²) >= 11 is 0. The molecule has 1 aliphatic rings. The number of hydrogen-bond acceptors (Lipinski definition) is 3. The third kappa shape index (κ3) is 4.51. The lowest BCUT2D eigenvalue weighted by Crippen LogP contribution is -2.39. The van der Waals surface area contributed by atoms with Crippen LogP contribution in [-0.2, 0) is 6.54 Å². The molecular formula is C16H26N2O. The molecule has 1 atom stereocenters. The average Bonchev–Trinajstić information content (AvgIpc) is 2.65. The van der Waals surface area contributed by atoms with E-state index in [1.54, 1.807) is 7.11 Å². The normalized spacial score (nSPS) is 21.1. The summed E-state index contributed by atoms with van der Waals surface area (Å²) in [7, 11) is 1.71. The summed E-state index contributed by atoms with van der Waals surface area (Å²) in [6.45, 7) is 6.69. The Morgan fingerprint density at radius 3 is 2.74 bits per heavy atom. The summed E-state index contributed by atoms with van der Waals surface area (Å²) in [6, 6.07) is 9.10. The molecule has 1 aromatic rings. The fraction of sp³-hybridized carbons (Fsp3) is 0.625. The predicted octanol–water partition coefficient (Wildman–Crippen LogP) is 2.66. The molecule has 0 aliphatic carbocycles. The second-order valence-corrected chi connectivity index (χ2v) is 5.33. The zero-order chi connectivity index (χ0) is 13.5. The van der Waals surface area contributed by atoms with Crippen molar-refractivity contribution in [1.82, 2.24) is 10.2 Å². The van der Waals surface area contributed by atoms with E-state index in [4.69, 9.17) is 4.74 Å². The van der Waals surface area contributed by atoms with E-state index in [-0.39, 0.29) is 0 Å². The van der Waals surface area contributed by atoms with Crippen molar-refractivity contribution in [2.75, 3.05) is 26.7 Å². The monoisotopic (exact) mass is 262 g/mol. The molecule has 1 N–H and O–H groups in total. The molecule has 19 heavy (non-hydrogen) atoms. The Kier molecular flexibility index (Phi) is 5.67. The minimum Gasteiger partial charge on any atom is -0.497 e. The molecule has 0 radical (unpaired) electrons. The van der Waals surface area contributed by atoms with Gasteiger partial charge in [-0.15, -0.1) is 0 Å². The van der Waals surface area contributed by atoms with E-state index in [1.165, 1.54) is 37.9 Å². The van der Waals surface area contributed by atoms with Gasteiger partial charge in [0.1, 0.15) is 5.75 Å². The minimum atomic E-state index is 0.658. The van der Waals surface area contributed by atoms with Crippen molar-refractivity contribution in [1.29, 1.82) is 0 Å². The zero-order valence-corrected chi connectivity index (χ0v) is 12.2. The summed E-state index contributed by atoms with van der Waals surface area (Å²) in [6.07, 6.45) is 3.97. The van der Waals surface area contributed by atoms with Crippen LogP contribution in [0.2, 0.25) is 0 Å². The molecule has 1 heterocycles. The van der Waals surface area contributed by atoms with E-state index >= 15 is 0 Å². The van der Waals surface area contributed by atoms with E-state index in [0.29, 0.717) is 6.04 Å². The number of rotatable bonds is 5. The van der Waals surface area contributed by atoms with Gasteiger partial charge in [0.15, 0.2) is 0 Å². The van der Waals surface area contributed by atoms with Gasteiger partial charge < -0.3 is 10.1 Å². The quantitative estimate of drug-likeness (QED) is 0.883. The van der Waals surface area contributed by atoms with Gasteiger partial charge in [-0.25, -0.2) is 0 Å². The van der Waals surface area contributed by atoms with Gasteiger partial charge in [-0.05, 0) is 43.6 Å². The number of nitrogens with one attached hydrogen (secondary N) is 1. The molecule has 1 saturated heterocycles. The van der Waals surface area contributed by atoms with Crippen molar-refractivity contribution < 1.29 is 4.74 Å². The second kappa shape index (κ2) is 7.51. The lowest BCUT2D eigenvalue weighted by Gasteiger charge is -2.24. The molecule has 0 bridgehead atoms. The molecule has 1 unspecified atom stereocenters. The molecule has 0 amide bonds. The fourth-order valence-corrected chi connectivity index (χ4v) is 2.81. The van der Waals surface area contributed by atoms with Crippen molar-refractivity contribution in [3.8, 4) is 5.75 Å².